The summed E-state index contributed by atoms with van der Waals surface area (Å²) in [7, 11) is -3.25. The van der Waals surface area contributed by atoms with Gasteiger partial charge in [-0.3, -0.25) is 0 Å². The lowest BCUT2D eigenvalue weighted by Gasteiger charge is -2.01. The molecule has 1 rings (SSSR count). The number of halogens is 1. The maximum atomic E-state index is 11.0. The van der Waals surface area contributed by atoms with Crippen LogP contribution in [0.2, 0.25) is 5.15 Å². The van der Waals surface area contributed by atoms with Gasteiger partial charge in [-0.1, -0.05) is 11.6 Å². The standard InChI is InChI=1S/C8H8ClNO4S/c1-15(13,14)4-6-2-5(8(11)12)3-7(9)10-6/h2-3H,4H2,1H3,(H,11,12). The number of carboxylic acid groups (broad SMARTS) is 1. The quantitative estimate of drug-likeness (QED) is 0.807. The van der Waals surface area contributed by atoms with Crippen LogP contribution in [0.25, 0.3) is 0 Å². The number of carbonyl (C=O) groups is 1. The molecule has 0 aliphatic heterocycles. The molecule has 0 bridgehead atoms. The summed E-state index contributed by atoms with van der Waals surface area (Å²) in [5.74, 6) is -1.50. The molecule has 7 heteroatoms. The number of carboxylic acids is 1. The van der Waals surface area contributed by atoms with Crippen molar-refractivity contribution in [3.05, 3.63) is 28.5 Å². The second-order valence-electron chi connectivity index (χ2n) is 3.05. The molecule has 0 spiro atoms. The van der Waals surface area contributed by atoms with Crippen molar-refractivity contribution < 1.29 is 18.3 Å². The Labute approximate surface area is 91.6 Å². The van der Waals surface area contributed by atoms with Gasteiger partial charge in [0.05, 0.1) is 17.0 Å². The first-order valence-corrected chi connectivity index (χ1v) is 6.29. The van der Waals surface area contributed by atoms with Gasteiger partial charge >= 0.3 is 5.97 Å². The van der Waals surface area contributed by atoms with Crippen LogP contribution in [0.15, 0.2) is 12.1 Å². The summed E-state index contributed by atoms with van der Waals surface area (Å²) in [6.45, 7) is 0. The summed E-state index contributed by atoms with van der Waals surface area (Å²) in [6.07, 6.45) is 1.04. The van der Waals surface area contributed by atoms with E-state index in [1.54, 1.807) is 0 Å². The Kier molecular flexibility index (Phi) is 3.31. The molecule has 1 N–H and O–H groups in total. The van der Waals surface area contributed by atoms with Crippen molar-refractivity contribution in [2.75, 3.05) is 6.26 Å². The Hall–Kier alpha value is -1.14. The predicted octanol–water partition coefficient (Wildman–Crippen LogP) is 0.978. The van der Waals surface area contributed by atoms with Gasteiger partial charge in [-0.25, -0.2) is 18.2 Å². The van der Waals surface area contributed by atoms with E-state index >= 15 is 0 Å². The molecule has 5 nitrogen and oxygen atoms in total. The molecule has 0 aliphatic carbocycles. The Morgan fingerprint density at radius 3 is 2.60 bits per heavy atom. The minimum atomic E-state index is -3.25. The summed E-state index contributed by atoms with van der Waals surface area (Å²) >= 11 is 5.55. The number of nitrogens with zero attached hydrogens (tertiary/aromatic N) is 1. The molecule has 0 aromatic carbocycles. The Bertz CT molecular complexity index is 497. The maximum Gasteiger partial charge on any atom is 0.335 e. The van der Waals surface area contributed by atoms with Gasteiger partial charge in [0.25, 0.3) is 0 Å². The molecular formula is C8H8ClNO4S. The van der Waals surface area contributed by atoms with Gasteiger partial charge in [-0.05, 0) is 12.1 Å². The summed E-state index contributed by atoms with van der Waals surface area (Å²) < 4.78 is 21.9. The lowest BCUT2D eigenvalue weighted by atomic mass is 10.2. The molecule has 1 aromatic rings. The van der Waals surface area contributed by atoms with Crippen LogP contribution < -0.4 is 0 Å². The molecule has 0 atom stereocenters. The van der Waals surface area contributed by atoms with Crippen LogP contribution in [-0.4, -0.2) is 30.7 Å². The van der Waals surface area contributed by atoms with Gasteiger partial charge in [0.2, 0.25) is 0 Å². The average molecular weight is 250 g/mol. The summed E-state index contributed by atoms with van der Waals surface area (Å²) in [6, 6.07) is 2.35. The van der Waals surface area contributed by atoms with E-state index in [1.807, 2.05) is 0 Å². The number of sulfone groups is 1. The van der Waals surface area contributed by atoms with Crippen LogP contribution in [0.3, 0.4) is 0 Å². The van der Waals surface area contributed by atoms with Gasteiger partial charge < -0.3 is 5.11 Å². The van der Waals surface area contributed by atoms with Gasteiger partial charge in [0.15, 0.2) is 9.84 Å². The Balaban J connectivity index is 3.15. The molecule has 0 fully saturated rings. The van der Waals surface area contributed by atoms with E-state index in [4.69, 9.17) is 16.7 Å². The number of hydrogen-bond acceptors (Lipinski definition) is 4. The third-order valence-corrected chi connectivity index (χ3v) is 2.52. The Morgan fingerprint density at radius 1 is 1.53 bits per heavy atom. The normalized spacial score (nSPS) is 11.3. The molecule has 0 saturated carbocycles. The van der Waals surface area contributed by atoms with Gasteiger partial charge in [-0.2, -0.15) is 0 Å². The van der Waals surface area contributed by atoms with Crippen molar-refractivity contribution in [1.82, 2.24) is 4.98 Å². The molecule has 1 heterocycles. The maximum absolute atomic E-state index is 11.0. The molecule has 0 saturated heterocycles. The number of rotatable bonds is 3. The summed E-state index contributed by atoms with van der Waals surface area (Å²) in [4.78, 5) is 14.4. The summed E-state index contributed by atoms with van der Waals surface area (Å²) in [5, 5.41) is 8.66. The molecule has 82 valence electrons. The minimum absolute atomic E-state index is 0.0337. The second kappa shape index (κ2) is 4.16. The molecule has 0 radical (unpaired) electrons. The monoisotopic (exact) mass is 249 g/mol. The van der Waals surface area contributed by atoms with Gasteiger partial charge in [-0.15, -0.1) is 0 Å². The number of pyridine rings is 1. The van der Waals surface area contributed by atoms with E-state index in [-0.39, 0.29) is 22.2 Å². The van der Waals surface area contributed by atoms with Crippen molar-refractivity contribution in [2.45, 2.75) is 5.75 Å². The highest BCUT2D eigenvalue weighted by Gasteiger charge is 2.11. The van der Waals surface area contributed by atoms with Crippen LogP contribution in [0.5, 0.6) is 0 Å². The molecule has 0 unspecified atom stereocenters. The lowest BCUT2D eigenvalue weighted by Crippen LogP contribution is -2.05. The number of hydrogen-bond donors (Lipinski definition) is 1. The molecule has 0 amide bonds. The van der Waals surface area contributed by atoms with Crippen LogP contribution in [0.1, 0.15) is 16.1 Å². The number of aromatic carboxylic acids is 1. The van der Waals surface area contributed by atoms with Crippen LogP contribution in [0, 0.1) is 0 Å². The first-order chi connectivity index (χ1) is 6.78. The van der Waals surface area contributed by atoms with E-state index in [9.17, 15) is 13.2 Å². The number of aromatic nitrogens is 1. The zero-order valence-corrected chi connectivity index (χ0v) is 9.34. The lowest BCUT2D eigenvalue weighted by molar-refractivity contribution is 0.0696. The fourth-order valence-electron chi connectivity index (χ4n) is 1.02. The fraction of sp³-hybridized carbons (Fsp3) is 0.250. The fourth-order valence-corrected chi connectivity index (χ4v) is 1.93. The summed E-state index contributed by atoms with van der Waals surface area (Å²) in [5.41, 5.74) is 0.0519. The highest BCUT2D eigenvalue weighted by Crippen LogP contribution is 2.12. The van der Waals surface area contributed by atoms with E-state index in [2.05, 4.69) is 4.98 Å². The Morgan fingerprint density at radius 2 is 2.13 bits per heavy atom. The molecule has 0 aliphatic rings. The van der Waals surface area contributed by atoms with Crippen molar-refractivity contribution in [3.63, 3.8) is 0 Å². The van der Waals surface area contributed by atoms with E-state index in [0.717, 1.165) is 12.3 Å². The molecule has 15 heavy (non-hydrogen) atoms. The third kappa shape index (κ3) is 3.85. The molecular weight excluding hydrogens is 242 g/mol. The smallest absolute Gasteiger partial charge is 0.335 e. The van der Waals surface area contributed by atoms with Gasteiger partial charge in [0, 0.05) is 6.26 Å². The first kappa shape index (κ1) is 11.9. The van der Waals surface area contributed by atoms with Crippen molar-refractivity contribution >= 4 is 27.4 Å². The average Bonchev–Trinajstić information content (AvgIpc) is 1.99. The van der Waals surface area contributed by atoms with Crippen LogP contribution in [0.4, 0.5) is 0 Å². The van der Waals surface area contributed by atoms with Crippen LogP contribution >= 0.6 is 11.6 Å². The second-order valence-corrected chi connectivity index (χ2v) is 5.57. The zero-order valence-electron chi connectivity index (χ0n) is 7.77. The van der Waals surface area contributed by atoms with Crippen LogP contribution in [-0.2, 0) is 15.6 Å². The van der Waals surface area contributed by atoms with Crippen molar-refractivity contribution in [3.8, 4) is 0 Å². The van der Waals surface area contributed by atoms with E-state index < -0.39 is 15.8 Å². The highest BCUT2D eigenvalue weighted by molar-refractivity contribution is 7.89. The first-order valence-electron chi connectivity index (χ1n) is 3.85. The highest BCUT2D eigenvalue weighted by atomic mass is 35.5. The SMILES string of the molecule is CS(=O)(=O)Cc1cc(C(=O)O)cc(Cl)n1. The largest absolute Gasteiger partial charge is 0.478 e. The van der Waals surface area contributed by atoms with E-state index in [1.165, 1.54) is 6.07 Å². The van der Waals surface area contributed by atoms with Crippen molar-refractivity contribution in [2.24, 2.45) is 0 Å². The topological polar surface area (TPSA) is 84.3 Å². The molecule has 1 aromatic heterocycles. The van der Waals surface area contributed by atoms with E-state index in [0.29, 0.717) is 0 Å². The third-order valence-electron chi connectivity index (χ3n) is 1.50. The zero-order chi connectivity index (χ0) is 11.6. The van der Waals surface area contributed by atoms with Crippen molar-refractivity contribution in [1.29, 1.82) is 0 Å². The van der Waals surface area contributed by atoms with Gasteiger partial charge in [0.1, 0.15) is 5.15 Å². The predicted molar refractivity (Wildman–Crippen MR) is 54.8 cm³/mol. The minimum Gasteiger partial charge on any atom is -0.478 e.